The molecule has 12 heavy (non-hydrogen) atoms. The van der Waals surface area contributed by atoms with Crippen molar-refractivity contribution in [3.63, 3.8) is 0 Å². The van der Waals surface area contributed by atoms with E-state index in [0.29, 0.717) is 0 Å². The minimum Gasteiger partial charge on any atom is -0.229 e. The molecule has 0 saturated heterocycles. The van der Waals surface area contributed by atoms with E-state index < -0.39 is 35.6 Å². The number of halogens is 1. The summed E-state index contributed by atoms with van der Waals surface area (Å²) in [6.45, 7) is 2.99. The molecule has 0 atom stereocenters. The molecule has 0 aliphatic carbocycles. The van der Waals surface area contributed by atoms with Crippen LogP contribution in [-0.2, 0) is 18.9 Å². The predicted molar refractivity (Wildman–Crippen MR) is 48.6 cm³/mol. The summed E-state index contributed by atoms with van der Waals surface area (Å²) in [6, 6.07) is 0. The molecule has 0 saturated carbocycles. The number of sulfone groups is 1. The van der Waals surface area contributed by atoms with Crippen molar-refractivity contribution < 1.29 is 16.8 Å². The fourth-order valence-corrected chi connectivity index (χ4v) is 3.22. The third-order valence-electron chi connectivity index (χ3n) is 1.33. The maximum atomic E-state index is 11.1. The highest BCUT2D eigenvalue weighted by Gasteiger charge is 2.19. The smallest absolute Gasteiger partial charge is 0.229 e. The van der Waals surface area contributed by atoms with Gasteiger partial charge >= 0.3 is 0 Å². The van der Waals surface area contributed by atoms with Gasteiger partial charge in [-0.2, -0.15) is 0 Å². The van der Waals surface area contributed by atoms with Crippen molar-refractivity contribution >= 4 is 29.6 Å². The van der Waals surface area contributed by atoms with E-state index >= 15 is 0 Å². The van der Waals surface area contributed by atoms with Crippen molar-refractivity contribution in [2.75, 3.05) is 11.5 Å². The quantitative estimate of drug-likeness (QED) is 0.660. The zero-order valence-corrected chi connectivity index (χ0v) is 9.21. The summed E-state index contributed by atoms with van der Waals surface area (Å²) in [6.07, 6.45) is 0. The van der Waals surface area contributed by atoms with Gasteiger partial charge in [-0.05, 0) is 13.8 Å². The van der Waals surface area contributed by atoms with Crippen LogP contribution in [0.25, 0.3) is 0 Å². The molecule has 0 bridgehead atoms. The van der Waals surface area contributed by atoms with E-state index in [4.69, 9.17) is 10.7 Å². The second-order valence-electron chi connectivity index (χ2n) is 2.66. The van der Waals surface area contributed by atoms with Crippen LogP contribution in [0.2, 0.25) is 0 Å². The lowest BCUT2D eigenvalue weighted by atomic mass is 10.6. The Morgan fingerprint density at radius 3 is 1.75 bits per heavy atom. The lowest BCUT2D eigenvalue weighted by molar-refractivity contribution is 0.585. The molecule has 7 heteroatoms. The summed E-state index contributed by atoms with van der Waals surface area (Å²) in [7, 11) is -2.14. The van der Waals surface area contributed by atoms with Gasteiger partial charge in [0.2, 0.25) is 9.05 Å². The van der Waals surface area contributed by atoms with Gasteiger partial charge in [0.15, 0.2) is 9.84 Å². The summed E-state index contributed by atoms with van der Waals surface area (Å²) >= 11 is 0. The summed E-state index contributed by atoms with van der Waals surface area (Å²) < 4.78 is 42.9. The van der Waals surface area contributed by atoms with Crippen LogP contribution in [0, 0.1) is 0 Å². The van der Waals surface area contributed by atoms with Crippen LogP contribution >= 0.6 is 10.7 Å². The zero-order chi connectivity index (χ0) is 9.99. The Kier molecular flexibility index (Phi) is 3.99. The van der Waals surface area contributed by atoms with E-state index in [1.54, 1.807) is 0 Å². The average Bonchev–Trinajstić information content (AvgIpc) is 1.82. The van der Waals surface area contributed by atoms with Crippen molar-refractivity contribution in [3.8, 4) is 0 Å². The SMILES string of the molecule is CC(C)S(=O)(=O)CCS(=O)(=O)Cl. The molecule has 0 rings (SSSR count). The van der Waals surface area contributed by atoms with Crippen LogP contribution in [0.5, 0.6) is 0 Å². The maximum Gasteiger partial charge on any atom is 0.233 e. The zero-order valence-electron chi connectivity index (χ0n) is 6.82. The summed E-state index contributed by atoms with van der Waals surface area (Å²) in [5.74, 6) is -0.925. The Hall–Kier alpha value is 0.190. The Balaban J connectivity index is 4.32. The second kappa shape index (κ2) is 3.93. The average molecular weight is 235 g/mol. The molecule has 0 aliphatic heterocycles. The van der Waals surface area contributed by atoms with Gasteiger partial charge in [0.1, 0.15) is 0 Å². The van der Waals surface area contributed by atoms with Crippen LogP contribution in [0.3, 0.4) is 0 Å². The Morgan fingerprint density at radius 1 is 1.08 bits per heavy atom. The highest BCUT2D eigenvalue weighted by molar-refractivity contribution is 8.14. The normalized spacial score (nSPS) is 13.7. The number of hydrogen-bond donors (Lipinski definition) is 0. The molecule has 0 aromatic rings. The Bertz CT molecular complexity index is 326. The van der Waals surface area contributed by atoms with Gasteiger partial charge in [0.05, 0.1) is 16.8 Å². The van der Waals surface area contributed by atoms with Crippen LogP contribution in [0.4, 0.5) is 0 Å². The number of hydrogen-bond acceptors (Lipinski definition) is 4. The van der Waals surface area contributed by atoms with E-state index in [-0.39, 0.29) is 0 Å². The molecule has 0 unspecified atom stereocenters. The summed E-state index contributed by atoms with van der Waals surface area (Å²) in [4.78, 5) is 0. The predicted octanol–water partition coefficient (Wildman–Crippen LogP) is 0.378. The molecular formula is C5H11ClO4S2. The van der Waals surface area contributed by atoms with Crippen molar-refractivity contribution in [2.24, 2.45) is 0 Å². The fourth-order valence-electron chi connectivity index (χ4n) is 0.451. The third kappa shape index (κ3) is 4.95. The fraction of sp³-hybridized carbons (Fsp3) is 1.00. The van der Waals surface area contributed by atoms with E-state index in [9.17, 15) is 16.8 Å². The van der Waals surface area contributed by atoms with E-state index in [1.165, 1.54) is 13.8 Å². The Morgan fingerprint density at radius 2 is 1.50 bits per heavy atom. The molecule has 0 heterocycles. The lowest BCUT2D eigenvalue weighted by Crippen LogP contribution is -2.21. The highest BCUT2D eigenvalue weighted by atomic mass is 35.7. The molecule has 0 fully saturated rings. The molecular weight excluding hydrogens is 224 g/mol. The molecule has 0 N–H and O–H groups in total. The van der Waals surface area contributed by atoms with Gasteiger partial charge in [-0.3, -0.25) is 0 Å². The maximum absolute atomic E-state index is 11.1. The molecule has 0 spiro atoms. The third-order valence-corrected chi connectivity index (χ3v) is 4.95. The van der Waals surface area contributed by atoms with Gasteiger partial charge < -0.3 is 0 Å². The van der Waals surface area contributed by atoms with Crippen LogP contribution in [-0.4, -0.2) is 33.6 Å². The van der Waals surface area contributed by atoms with Crippen LogP contribution in [0.15, 0.2) is 0 Å². The molecule has 0 aromatic carbocycles. The standard InChI is InChI=1S/C5H11ClO4S2/c1-5(2)11(7,8)3-4-12(6,9)10/h5H,3-4H2,1-2H3. The lowest BCUT2D eigenvalue weighted by Gasteiger charge is -2.04. The van der Waals surface area contributed by atoms with E-state index in [0.717, 1.165) is 0 Å². The largest absolute Gasteiger partial charge is 0.233 e. The molecule has 0 aliphatic rings. The van der Waals surface area contributed by atoms with E-state index in [1.807, 2.05) is 0 Å². The minimum absolute atomic E-state index is 0.406. The van der Waals surface area contributed by atoms with Gasteiger partial charge in [-0.25, -0.2) is 16.8 Å². The molecule has 0 radical (unpaired) electrons. The van der Waals surface area contributed by atoms with Crippen LogP contribution in [0.1, 0.15) is 13.8 Å². The van der Waals surface area contributed by atoms with Gasteiger partial charge in [0, 0.05) is 10.7 Å². The first-order valence-corrected chi connectivity index (χ1v) is 7.48. The van der Waals surface area contributed by atoms with Gasteiger partial charge in [0.25, 0.3) is 0 Å². The number of rotatable bonds is 4. The highest BCUT2D eigenvalue weighted by Crippen LogP contribution is 2.04. The first kappa shape index (κ1) is 12.2. The van der Waals surface area contributed by atoms with Crippen LogP contribution < -0.4 is 0 Å². The van der Waals surface area contributed by atoms with Gasteiger partial charge in [-0.1, -0.05) is 0 Å². The second-order valence-corrected chi connectivity index (χ2v) is 8.23. The minimum atomic E-state index is -3.70. The molecule has 74 valence electrons. The molecule has 0 amide bonds. The molecule has 0 aromatic heterocycles. The first-order valence-electron chi connectivity index (χ1n) is 3.29. The Labute approximate surface area is 77.3 Å². The van der Waals surface area contributed by atoms with Crippen molar-refractivity contribution in [2.45, 2.75) is 19.1 Å². The molecule has 4 nitrogen and oxygen atoms in total. The van der Waals surface area contributed by atoms with Gasteiger partial charge in [-0.15, -0.1) is 0 Å². The van der Waals surface area contributed by atoms with Crippen molar-refractivity contribution in [1.29, 1.82) is 0 Å². The monoisotopic (exact) mass is 234 g/mol. The van der Waals surface area contributed by atoms with Crippen molar-refractivity contribution in [3.05, 3.63) is 0 Å². The summed E-state index contributed by atoms with van der Waals surface area (Å²) in [5.41, 5.74) is 0. The topological polar surface area (TPSA) is 68.3 Å². The first-order chi connectivity index (χ1) is 5.15. The summed E-state index contributed by atoms with van der Waals surface area (Å²) in [5, 5.41) is -0.559. The van der Waals surface area contributed by atoms with Crippen molar-refractivity contribution in [1.82, 2.24) is 0 Å². The van der Waals surface area contributed by atoms with E-state index in [2.05, 4.69) is 0 Å².